The molecule has 0 saturated heterocycles. The van der Waals surface area contributed by atoms with Crippen molar-refractivity contribution in [2.24, 2.45) is 34.3 Å². The van der Waals surface area contributed by atoms with Gasteiger partial charge in [0.15, 0.2) is 0 Å². The van der Waals surface area contributed by atoms with E-state index in [-0.39, 0.29) is 22.7 Å². The third-order valence-corrected chi connectivity index (χ3v) is 7.67. The van der Waals surface area contributed by atoms with E-state index in [1.54, 1.807) is 0 Å². The fourth-order valence-electron chi connectivity index (χ4n) is 6.14. The number of hydrogen-bond donors (Lipinski definition) is 2. The number of allylic oxidation sites excluding steroid dienone is 3. The molecule has 4 rings (SSSR count). The summed E-state index contributed by atoms with van der Waals surface area (Å²) >= 11 is 0. The van der Waals surface area contributed by atoms with Gasteiger partial charge in [-0.1, -0.05) is 25.5 Å². The maximum absolute atomic E-state index is 12.2. The first-order valence-electron chi connectivity index (χ1n) is 8.72. The second kappa shape index (κ2) is 4.47. The van der Waals surface area contributed by atoms with E-state index in [0.29, 0.717) is 29.9 Å². The number of nitrogens with two attached hydrogens (primary N) is 1. The molecule has 0 bridgehead atoms. The van der Waals surface area contributed by atoms with Gasteiger partial charge >= 0.3 is 0 Å². The van der Waals surface area contributed by atoms with Crippen molar-refractivity contribution >= 4 is 5.78 Å². The van der Waals surface area contributed by atoms with Gasteiger partial charge in [-0.2, -0.15) is 0 Å². The van der Waals surface area contributed by atoms with Crippen molar-refractivity contribution in [2.75, 3.05) is 0 Å². The summed E-state index contributed by atoms with van der Waals surface area (Å²) in [4.78, 5) is 12.2. The van der Waals surface area contributed by atoms with Crippen LogP contribution in [0.3, 0.4) is 0 Å². The minimum Gasteiger partial charge on any atom is -0.512 e. The Labute approximate surface area is 132 Å². The van der Waals surface area contributed by atoms with Crippen molar-refractivity contribution in [2.45, 2.75) is 58.4 Å². The topological polar surface area (TPSA) is 63.3 Å². The maximum Gasteiger partial charge on any atom is 0.150 e. The number of carbonyl (C=O) groups excluding carboxylic acids is 1. The van der Waals surface area contributed by atoms with Gasteiger partial charge in [0.05, 0.1) is 11.8 Å². The molecule has 3 heteroatoms. The average molecular weight is 301 g/mol. The summed E-state index contributed by atoms with van der Waals surface area (Å²) in [7, 11) is 0. The lowest BCUT2D eigenvalue weighted by Crippen LogP contribution is -2.52. The second-order valence-electron chi connectivity index (χ2n) is 8.53. The molecular weight excluding hydrogens is 274 g/mol. The third kappa shape index (κ3) is 1.69. The van der Waals surface area contributed by atoms with Crippen LogP contribution in [-0.4, -0.2) is 16.9 Å². The predicted octanol–water partition coefficient (Wildman–Crippen LogP) is 3.51. The van der Waals surface area contributed by atoms with Crippen LogP contribution in [0, 0.1) is 28.6 Å². The van der Waals surface area contributed by atoms with Crippen molar-refractivity contribution < 1.29 is 9.90 Å². The number of ketones is 1. The number of aliphatic hydroxyl groups excluding tert-OH is 1. The van der Waals surface area contributed by atoms with Gasteiger partial charge < -0.3 is 10.8 Å². The number of Topliss-reactive ketones (excluding diaryl/α,β-unsaturated/α-hetero) is 1. The predicted molar refractivity (Wildman–Crippen MR) is 86.2 cm³/mol. The third-order valence-electron chi connectivity index (χ3n) is 7.67. The van der Waals surface area contributed by atoms with Crippen LogP contribution in [0.25, 0.3) is 0 Å². The van der Waals surface area contributed by atoms with E-state index in [1.807, 2.05) is 6.08 Å². The highest BCUT2D eigenvalue weighted by molar-refractivity contribution is 5.87. The van der Waals surface area contributed by atoms with Gasteiger partial charge in [0, 0.05) is 12.8 Å². The van der Waals surface area contributed by atoms with E-state index in [0.717, 1.165) is 25.7 Å². The Hall–Kier alpha value is -1.09. The minimum absolute atomic E-state index is 0.00655. The highest BCUT2D eigenvalue weighted by Crippen LogP contribution is 2.63. The molecule has 22 heavy (non-hydrogen) atoms. The summed E-state index contributed by atoms with van der Waals surface area (Å²) in [6.45, 7) is 4.62. The molecule has 1 unspecified atom stereocenters. The molecule has 3 N–H and O–H groups in total. The van der Waals surface area contributed by atoms with Crippen LogP contribution in [0.5, 0.6) is 0 Å². The van der Waals surface area contributed by atoms with Gasteiger partial charge in [-0.15, -0.1) is 0 Å². The van der Waals surface area contributed by atoms with Crippen molar-refractivity contribution in [1.82, 2.24) is 0 Å². The van der Waals surface area contributed by atoms with Gasteiger partial charge in [0.2, 0.25) is 0 Å². The summed E-state index contributed by atoms with van der Waals surface area (Å²) in [5.74, 6) is 2.46. The quantitative estimate of drug-likeness (QED) is 0.673. The molecule has 0 radical (unpaired) electrons. The summed E-state index contributed by atoms with van der Waals surface area (Å²) in [6, 6.07) is -0.257. The molecule has 0 aromatic carbocycles. The van der Waals surface area contributed by atoms with Gasteiger partial charge in [0.25, 0.3) is 0 Å². The minimum atomic E-state index is -0.257. The van der Waals surface area contributed by atoms with Gasteiger partial charge in [0.1, 0.15) is 5.78 Å². The van der Waals surface area contributed by atoms with Gasteiger partial charge in [-0.05, 0) is 60.3 Å². The highest BCUT2D eigenvalue weighted by Gasteiger charge is 2.59. The van der Waals surface area contributed by atoms with Crippen LogP contribution in [0.1, 0.15) is 52.4 Å². The van der Waals surface area contributed by atoms with Crippen molar-refractivity contribution in [3.8, 4) is 0 Å². The largest absolute Gasteiger partial charge is 0.512 e. The molecule has 2 saturated carbocycles. The Morgan fingerprint density at radius 2 is 2.05 bits per heavy atom. The average Bonchev–Trinajstić information content (AvgIpc) is 2.72. The van der Waals surface area contributed by atoms with Gasteiger partial charge in [-0.25, -0.2) is 0 Å². The summed E-state index contributed by atoms with van der Waals surface area (Å²) in [5.41, 5.74) is 7.87. The zero-order chi connectivity index (χ0) is 15.7. The number of carbonyl (C=O) groups is 1. The Bertz CT molecular complexity index is 592. The fraction of sp³-hybridized carbons (Fsp3) is 0.737. The number of fused-ring (bicyclic) bond motifs is 5. The molecule has 120 valence electrons. The first-order valence-corrected chi connectivity index (χ1v) is 8.72. The van der Waals surface area contributed by atoms with Crippen molar-refractivity contribution in [3.63, 3.8) is 0 Å². The molecular formula is C19H27NO2. The van der Waals surface area contributed by atoms with Crippen LogP contribution < -0.4 is 5.73 Å². The smallest absolute Gasteiger partial charge is 0.150 e. The van der Waals surface area contributed by atoms with E-state index in [1.165, 1.54) is 12.0 Å². The lowest BCUT2D eigenvalue weighted by molar-refractivity contribution is -0.119. The standard InChI is InChI=1S/C19H27NO2/c1-18-7-5-12(21)9-11(18)3-4-13-14(18)6-8-19(2)15(13)10-16(22)17(19)20/h3,5,13-15,17,21H,4,6-10,20H2,1-2H3/t13-,14-,15+,17?,18+,19+/m1/s1. The van der Waals surface area contributed by atoms with Crippen molar-refractivity contribution in [1.29, 1.82) is 0 Å². The van der Waals surface area contributed by atoms with E-state index < -0.39 is 0 Å². The molecule has 4 aliphatic carbocycles. The molecule has 0 aromatic rings. The molecule has 4 aliphatic rings. The molecule has 2 fully saturated rings. The fourth-order valence-corrected chi connectivity index (χ4v) is 6.14. The van der Waals surface area contributed by atoms with Crippen LogP contribution in [0.2, 0.25) is 0 Å². The number of rotatable bonds is 0. The zero-order valence-electron chi connectivity index (χ0n) is 13.6. The lowest BCUT2D eigenvalue weighted by Gasteiger charge is -2.56. The molecule has 0 heterocycles. The molecule has 0 amide bonds. The summed E-state index contributed by atoms with van der Waals surface area (Å²) < 4.78 is 0. The normalized spacial score (nSPS) is 50.6. The second-order valence-corrected chi connectivity index (χ2v) is 8.53. The SMILES string of the molecule is C[C@]12CC=C(O)CC1=CC[C@@H]1[C@H]2CC[C@]2(C)C(N)C(=O)C[C@@H]12. The summed E-state index contributed by atoms with van der Waals surface area (Å²) in [5, 5.41) is 9.88. The van der Waals surface area contributed by atoms with E-state index >= 15 is 0 Å². The Balaban J connectivity index is 1.71. The zero-order valence-corrected chi connectivity index (χ0v) is 13.6. The number of aliphatic hydroxyl groups is 1. The lowest BCUT2D eigenvalue weighted by atomic mass is 9.48. The highest BCUT2D eigenvalue weighted by atomic mass is 16.3. The van der Waals surface area contributed by atoms with Gasteiger partial charge in [-0.3, -0.25) is 4.79 Å². The molecule has 0 spiro atoms. The van der Waals surface area contributed by atoms with Crippen LogP contribution in [0.4, 0.5) is 0 Å². The maximum atomic E-state index is 12.2. The molecule has 6 atom stereocenters. The van der Waals surface area contributed by atoms with E-state index in [4.69, 9.17) is 5.73 Å². The monoisotopic (exact) mass is 301 g/mol. The Morgan fingerprint density at radius 3 is 2.82 bits per heavy atom. The first kappa shape index (κ1) is 14.5. The Morgan fingerprint density at radius 1 is 1.27 bits per heavy atom. The van der Waals surface area contributed by atoms with Crippen LogP contribution in [-0.2, 0) is 4.79 Å². The first-order chi connectivity index (χ1) is 10.4. The van der Waals surface area contributed by atoms with E-state index in [2.05, 4.69) is 19.9 Å². The van der Waals surface area contributed by atoms with Crippen LogP contribution in [0.15, 0.2) is 23.5 Å². The van der Waals surface area contributed by atoms with E-state index in [9.17, 15) is 9.90 Å². The molecule has 0 aromatic heterocycles. The Kier molecular flexibility index (Phi) is 2.95. The van der Waals surface area contributed by atoms with Crippen molar-refractivity contribution in [3.05, 3.63) is 23.5 Å². The molecule has 3 nitrogen and oxygen atoms in total. The summed E-state index contributed by atoms with van der Waals surface area (Å²) in [6.07, 6.45) is 10.0. The van der Waals surface area contributed by atoms with Crippen LogP contribution >= 0.6 is 0 Å². The number of hydrogen-bond acceptors (Lipinski definition) is 3. The molecule has 0 aliphatic heterocycles.